The SMILES string of the molecule is CC(=O)c1cc(C(=O)N2CCC(Oc3ccc(Cl)cc3)CC2)[nH]n1. The van der Waals surface area contributed by atoms with Crippen molar-refractivity contribution in [2.75, 3.05) is 13.1 Å². The standard InChI is InChI=1S/C17H18ClN3O3/c1-11(22)15-10-16(20-19-15)17(23)21-8-6-14(7-9-21)24-13-4-2-12(18)3-5-13/h2-5,10,14H,6-9H2,1H3,(H,19,20). The topological polar surface area (TPSA) is 75.3 Å². The van der Waals surface area contributed by atoms with E-state index < -0.39 is 0 Å². The van der Waals surface area contributed by atoms with Crippen molar-refractivity contribution >= 4 is 23.3 Å². The Morgan fingerprint density at radius 3 is 2.50 bits per heavy atom. The Kier molecular flexibility index (Phi) is 4.85. The van der Waals surface area contributed by atoms with Crippen LogP contribution in [0, 0.1) is 0 Å². The fourth-order valence-corrected chi connectivity index (χ4v) is 2.79. The van der Waals surface area contributed by atoms with E-state index in [0.29, 0.717) is 23.8 Å². The van der Waals surface area contributed by atoms with Crippen molar-refractivity contribution in [1.82, 2.24) is 15.1 Å². The fourth-order valence-electron chi connectivity index (χ4n) is 2.66. The average molecular weight is 348 g/mol. The van der Waals surface area contributed by atoms with Crippen LogP contribution in [0.1, 0.15) is 40.7 Å². The van der Waals surface area contributed by atoms with Gasteiger partial charge in [0, 0.05) is 37.9 Å². The number of aromatic amines is 1. The zero-order valence-corrected chi connectivity index (χ0v) is 14.0. The van der Waals surface area contributed by atoms with Crippen LogP contribution in [-0.4, -0.2) is 46.0 Å². The summed E-state index contributed by atoms with van der Waals surface area (Å²) in [6, 6.07) is 8.77. The molecule has 1 aromatic carbocycles. The quantitative estimate of drug-likeness (QED) is 0.863. The predicted octanol–water partition coefficient (Wildman–Crippen LogP) is 2.95. The lowest BCUT2D eigenvalue weighted by molar-refractivity contribution is 0.0590. The van der Waals surface area contributed by atoms with Crippen LogP contribution in [0.5, 0.6) is 5.75 Å². The van der Waals surface area contributed by atoms with Gasteiger partial charge in [-0.25, -0.2) is 0 Å². The molecule has 1 amide bonds. The number of halogens is 1. The number of piperidine rings is 1. The Bertz CT molecular complexity index is 734. The molecular formula is C17H18ClN3O3. The second-order valence-electron chi connectivity index (χ2n) is 5.79. The molecule has 0 bridgehead atoms. The Hall–Kier alpha value is -2.34. The molecule has 0 saturated carbocycles. The number of carbonyl (C=O) groups is 2. The third-order valence-corrected chi connectivity index (χ3v) is 4.27. The number of hydrogen-bond donors (Lipinski definition) is 1. The van der Waals surface area contributed by atoms with Crippen molar-refractivity contribution < 1.29 is 14.3 Å². The Balaban J connectivity index is 1.55. The van der Waals surface area contributed by atoms with E-state index >= 15 is 0 Å². The van der Waals surface area contributed by atoms with Gasteiger partial charge in [0.15, 0.2) is 5.78 Å². The van der Waals surface area contributed by atoms with Crippen molar-refractivity contribution in [2.45, 2.75) is 25.9 Å². The third-order valence-electron chi connectivity index (χ3n) is 4.01. The molecule has 0 aliphatic carbocycles. The van der Waals surface area contributed by atoms with Crippen molar-refractivity contribution in [2.24, 2.45) is 0 Å². The lowest BCUT2D eigenvalue weighted by Crippen LogP contribution is -2.41. The molecule has 7 heteroatoms. The van der Waals surface area contributed by atoms with E-state index in [1.165, 1.54) is 13.0 Å². The number of amides is 1. The molecule has 2 heterocycles. The van der Waals surface area contributed by atoms with E-state index in [-0.39, 0.29) is 23.5 Å². The monoisotopic (exact) mass is 347 g/mol. The summed E-state index contributed by atoms with van der Waals surface area (Å²) in [6.45, 7) is 2.63. The minimum Gasteiger partial charge on any atom is -0.490 e. The van der Waals surface area contributed by atoms with Crippen LogP contribution in [0.3, 0.4) is 0 Å². The van der Waals surface area contributed by atoms with Gasteiger partial charge in [-0.2, -0.15) is 5.10 Å². The second-order valence-corrected chi connectivity index (χ2v) is 6.22. The maximum atomic E-state index is 12.4. The number of rotatable bonds is 4. The number of ketones is 1. The fraction of sp³-hybridized carbons (Fsp3) is 0.353. The molecule has 0 spiro atoms. The number of Topliss-reactive ketones (excluding diaryl/α,β-unsaturated/α-hetero) is 1. The van der Waals surface area contributed by atoms with Crippen LogP contribution < -0.4 is 4.74 Å². The molecule has 0 radical (unpaired) electrons. The molecule has 126 valence electrons. The van der Waals surface area contributed by atoms with Crippen molar-refractivity contribution in [3.05, 3.63) is 46.7 Å². The van der Waals surface area contributed by atoms with Crippen LogP contribution in [0.4, 0.5) is 0 Å². The number of H-pyrrole nitrogens is 1. The molecule has 1 fully saturated rings. The van der Waals surface area contributed by atoms with Crippen LogP contribution >= 0.6 is 11.6 Å². The maximum Gasteiger partial charge on any atom is 0.271 e. The van der Waals surface area contributed by atoms with Gasteiger partial charge < -0.3 is 9.64 Å². The summed E-state index contributed by atoms with van der Waals surface area (Å²) in [5.41, 5.74) is 0.622. The van der Waals surface area contributed by atoms with Crippen molar-refractivity contribution in [1.29, 1.82) is 0 Å². The van der Waals surface area contributed by atoms with Gasteiger partial charge in [0.25, 0.3) is 5.91 Å². The number of nitrogens with one attached hydrogen (secondary N) is 1. The van der Waals surface area contributed by atoms with Gasteiger partial charge in [0.05, 0.1) is 0 Å². The van der Waals surface area contributed by atoms with Crippen molar-refractivity contribution in [3.8, 4) is 5.75 Å². The third kappa shape index (κ3) is 3.76. The molecular weight excluding hydrogens is 330 g/mol. The van der Waals surface area contributed by atoms with E-state index in [9.17, 15) is 9.59 Å². The van der Waals surface area contributed by atoms with E-state index in [0.717, 1.165) is 18.6 Å². The Labute approximate surface area is 144 Å². The number of aromatic nitrogens is 2. The second kappa shape index (κ2) is 7.05. The number of hydrogen-bond acceptors (Lipinski definition) is 4. The zero-order chi connectivity index (χ0) is 17.1. The predicted molar refractivity (Wildman–Crippen MR) is 89.6 cm³/mol. The van der Waals surface area contributed by atoms with Gasteiger partial charge in [-0.15, -0.1) is 0 Å². The molecule has 2 aromatic rings. The van der Waals surface area contributed by atoms with E-state index in [1.807, 2.05) is 12.1 Å². The van der Waals surface area contributed by atoms with Gasteiger partial charge in [0.1, 0.15) is 23.2 Å². The Morgan fingerprint density at radius 2 is 1.92 bits per heavy atom. The Morgan fingerprint density at radius 1 is 1.25 bits per heavy atom. The lowest BCUT2D eigenvalue weighted by Gasteiger charge is -2.31. The number of ether oxygens (including phenoxy) is 1. The van der Waals surface area contributed by atoms with E-state index in [1.54, 1.807) is 17.0 Å². The smallest absolute Gasteiger partial charge is 0.271 e. The normalized spacial score (nSPS) is 15.3. The van der Waals surface area contributed by atoms with Crippen LogP contribution in [0.25, 0.3) is 0 Å². The molecule has 1 aromatic heterocycles. The first-order chi connectivity index (χ1) is 11.5. The highest BCUT2D eigenvalue weighted by Gasteiger charge is 2.26. The molecule has 1 aliphatic heterocycles. The van der Waals surface area contributed by atoms with Crippen LogP contribution in [0.2, 0.25) is 5.02 Å². The zero-order valence-electron chi connectivity index (χ0n) is 13.3. The highest BCUT2D eigenvalue weighted by atomic mass is 35.5. The molecule has 0 unspecified atom stereocenters. The van der Waals surface area contributed by atoms with E-state index in [4.69, 9.17) is 16.3 Å². The summed E-state index contributed by atoms with van der Waals surface area (Å²) in [5.74, 6) is 0.476. The van der Waals surface area contributed by atoms with Crippen molar-refractivity contribution in [3.63, 3.8) is 0 Å². The minimum atomic E-state index is -0.166. The molecule has 1 aliphatic rings. The summed E-state index contributed by atoms with van der Waals surface area (Å²) in [7, 11) is 0. The molecule has 24 heavy (non-hydrogen) atoms. The first-order valence-corrected chi connectivity index (χ1v) is 8.18. The number of benzene rings is 1. The first kappa shape index (κ1) is 16.5. The summed E-state index contributed by atoms with van der Waals surface area (Å²) in [5, 5.41) is 7.16. The highest BCUT2D eigenvalue weighted by Crippen LogP contribution is 2.21. The molecule has 3 rings (SSSR count). The highest BCUT2D eigenvalue weighted by molar-refractivity contribution is 6.30. The number of likely N-dealkylation sites (tertiary alicyclic amines) is 1. The number of carbonyl (C=O) groups excluding carboxylic acids is 2. The summed E-state index contributed by atoms with van der Waals surface area (Å²) in [6.07, 6.45) is 1.58. The van der Waals surface area contributed by atoms with Crippen LogP contribution in [0.15, 0.2) is 30.3 Å². The number of nitrogens with zero attached hydrogens (tertiary/aromatic N) is 2. The van der Waals surface area contributed by atoms with Gasteiger partial charge >= 0.3 is 0 Å². The molecule has 1 N–H and O–H groups in total. The van der Waals surface area contributed by atoms with Gasteiger partial charge in [0.2, 0.25) is 0 Å². The summed E-state index contributed by atoms with van der Waals surface area (Å²) in [4.78, 5) is 25.4. The largest absolute Gasteiger partial charge is 0.490 e. The summed E-state index contributed by atoms with van der Waals surface area (Å²) < 4.78 is 5.92. The minimum absolute atomic E-state index is 0.0739. The molecule has 1 saturated heterocycles. The van der Waals surface area contributed by atoms with Gasteiger partial charge in [-0.3, -0.25) is 14.7 Å². The summed E-state index contributed by atoms with van der Waals surface area (Å²) >= 11 is 5.86. The lowest BCUT2D eigenvalue weighted by atomic mass is 10.1. The average Bonchev–Trinajstić information content (AvgIpc) is 3.07. The van der Waals surface area contributed by atoms with E-state index in [2.05, 4.69) is 10.2 Å². The first-order valence-electron chi connectivity index (χ1n) is 7.81. The van der Waals surface area contributed by atoms with Gasteiger partial charge in [-0.05, 0) is 30.3 Å². The molecule has 6 nitrogen and oxygen atoms in total. The van der Waals surface area contributed by atoms with Crippen LogP contribution in [-0.2, 0) is 0 Å². The van der Waals surface area contributed by atoms with Gasteiger partial charge in [-0.1, -0.05) is 11.6 Å². The molecule has 0 atom stereocenters. The maximum absolute atomic E-state index is 12.4.